The van der Waals surface area contributed by atoms with E-state index in [0.717, 1.165) is 22.6 Å². The molecule has 0 spiro atoms. The van der Waals surface area contributed by atoms with Crippen LogP contribution in [-0.4, -0.2) is 26.3 Å². The minimum Gasteiger partial charge on any atom is -0.368 e. The standard InChI is InChI=1S/C6H13IO2P2/c1-3(8)9-6-5(7)10-4(2)11-6/h3-6,8,10-11H,1-2H3. The van der Waals surface area contributed by atoms with Gasteiger partial charge in [-0.15, -0.1) is 0 Å². The van der Waals surface area contributed by atoms with Gasteiger partial charge >= 0.3 is 0 Å². The number of rotatable bonds is 2. The summed E-state index contributed by atoms with van der Waals surface area (Å²) < 4.78 is 5.98. The lowest BCUT2D eigenvalue weighted by Crippen LogP contribution is -2.18. The molecule has 0 aromatic rings. The molecule has 0 aliphatic carbocycles. The molecule has 6 unspecified atom stereocenters. The number of hydrogen-bond acceptors (Lipinski definition) is 2. The van der Waals surface area contributed by atoms with E-state index in [9.17, 15) is 0 Å². The molecule has 5 heteroatoms. The normalized spacial score (nSPS) is 45.3. The Balaban J connectivity index is 2.34. The molecular formula is C6H13IO2P2. The van der Waals surface area contributed by atoms with Gasteiger partial charge in [-0.05, 0) is 12.3 Å². The lowest BCUT2D eigenvalue weighted by atomic mass is 10.7. The van der Waals surface area contributed by atoms with Crippen molar-refractivity contribution in [1.82, 2.24) is 0 Å². The second-order valence-corrected chi connectivity index (χ2v) is 9.30. The summed E-state index contributed by atoms with van der Waals surface area (Å²) in [5.74, 6) is 0.309. The van der Waals surface area contributed by atoms with Gasteiger partial charge < -0.3 is 9.84 Å². The van der Waals surface area contributed by atoms with Crippen LogP contribution in [0, 0.1) is 0 Å². The van der Waals surface area contributed by atoms with Crippen LogP contribution in [0.3, 0.4) is 0 Å². The van der Waals surface area contributed by atoms with Crippen LogP contribution in [-0.2, 0) is 4.74 Å². The van der Waals surface area contributed by atoms with E-state index in [1.807, 2.05) is 0 Å². The molecule has 1 aliphatic rings. The summed E-state index contributed by atoms with van der Waals surface area (Å²) in [6.07, 6.45) is -0.597. The SMILES string of the molecule is CC(O)OC1PC(C)PC1I. The Bertz CT molecular complexity index is 134. The molecule has 0 aromatic carbocycles. The summed E-state index contributed by atoms with van der Waals surface area (Å²) in [5.41, 5.74) is 0. The first-order valence-electron chi connectivity index (χ1n) is 3.59. The van der Waals surface area contributed by atoms with Crippen LogP contribution >= 0.6 is 39.8 Å². The number of ether oxygens (including phenoxy) is 1. The van der Waals surface area contributed by atoms with E-state index >= 15 is 0 Å². The Morgan fingerprint density at radius 2 is 2.18 bits per heavy atom. The topological polar surface area (TPSA) is 29.5 Å². The second kappa shape index (κ2) is 4.66. The predicted molar refractivity (Wildman–Crippen MR) is 60.5 cm³/mol. The Morgan fingerprint density at radius 1 is 1.55 bits per heavy atom. The maximum Gasteiger partial charge on any atom is 0.152 e. The fraction of sp³-hybridized carbons (Fsp3) is 1.00. The third-order valence-electron chi connectivity index (χ3n) is 1.43. The van der Waals surface area contributed by atoms with Crippen LogP contribution in [0.25, 0.3) is 0 Å². The van der Waals surface area contributed by atoms with Crippen molar-refractivity contribution in [3.63, 3.8) is 0 Å². The van der Waals surface area contributed by atoms with Gasteiger partial charge in [-0.1, -0.05) is 46.7 Å². The van der Waals surface area contributed by atoms with Gasteiger partial charge in [0, 0.05) is 0 Å². The molecule has 1 N–H and O–H groups in total. The lowest BCUT2D eigenvalue weighted by Gasteiger charge is -2.16. The molecule has 0 radical (unpaired) electrons. The van der Waals surface area contributed by atoms with Gasteiger partial charge in [-0.2, -0.15) is 0 Å². The lowest BCUT2D eigenvalue weighted by molar-refractivity contribution is -0.0917. The van der Waals surface area contributed by atoms with Crippen LogP contribution < -0.4 is 0 Å². The third kappa shape index (κ3) is 3.40. The van der Waals surface area contributed by atoms with Crippen LogP contribution in [0.2, 0.25) is 0 Å². The van der Waals surface area contributed by atoms with Crippen LogP contribution in [0.15, 0.2) is 0 Å². The zero-order valence-corrected chi connectivity index (χ0v) is 10.7. The Labute approximate surface area is 84.6 Å². The van der Waals surface area contributed by atoms with Crippen LogP contribution in [0.5, 0.6) is 0 Å². The van der Waals surface area contributed by atoms with E-state index < -0.39 is 6.29 Å². The Morgan fingerprint density at radius 3 is 2.55 bits per heavy atom. The monoisotopic (exact) mass is 306 g/mol. The van der Waals surface area contributed by atoms with Gasteiger partial charge in [0.05, 0.1) is 9.51 Å². The number of hydrogen-bond donors (Lipinski definition) is 1. The van der Waals surface area contributed by atoms with Crippen molar-refractivity contribution >= 4 is 39.8 Å². The number of alkyl halides is 1. The van der Waals surface area contributed by atoms with E-state index in [2.05, 4.69) is 29.5 Å². The number of aliphatic hydroxyl groups excluding tert-OH is 1. The zero-order chi connectivity index (χ0) is 8.43. The zero-order valence-electron chi connectivity index (χ0n) is 6.54. The van der Waals surface area contributed by atoms with Gasteiger partial charge in [-0.25, -0.2) is 0 Å². The van der Waals surface area contributed by atoms with Crippen molar-refractivity contribution in [1.29, 1.82) is 0 Å². The molecule has 1 fully saturated rings. The molecule has 0 bridgehead atoms. The predicted octanol–water partition coefficient (Wildman–Crippen LogP) is 2.15. The van der Waals surface area contributed by atoms with Gasteiger partial charge in [-0.3, -0.25) is 0 Å². The van der Waals surface area contributed by atoms with E-state index in [-0.39, 0.29) is 0 Å². The maximum absolute atomic E-state index is 9.00. The van der Waals surface area contributed by atoms with Crippen molar-refractivity contribution in [3.05, 3.63) is 0 Å². The van der Waals surface area contributed by atoms with Crippen molar-refractivity contribution < 1.29 is 9.84 Å². The minimum absolute atomic E-state index is 0.309. The Hall–Kier alpha value is 1.51. The fourth-order valence-corrected chi connectivity index (χ4v) is 8.12. The first kappa shape index (κ1) is 10.6. The highest BCUT2D eigenvalue weighted by molar-refractivity contribution is 14.1. The van der Waals surface area contributed by atoms with Crippen LogP contribution in [0.4, 0.5) is 0 Å². The van der Waals surface area contributed by atoms with Gasteiger partial charge in [0.15, 0.2) is 6.29 Å². The summed E-state index contributed by atoms with van der Waals surface area (Å²) in [7, 11) is 1.87. The van der Waals surface area contributed by atoms with Crippen molar-refractivity contribution in [3.8, 4) is 0 Å². The van der Waals surface area contributed by atoms with E-state index in [4.69, 9.17) is 9.84 Å². The van der Waals surface area contributed by atoms with E-state index in [0.29, 0.717) is 9.51 Å². The average molecular weight is 306 g/mol. The number of aliphatic hydroxyl groups is 1. The smallest absolute Gasteiger partial charge is 0.152 e. The minimum atomic E-state index is -0.597. The largest absolute Gasteiger partial charge is 0.368 e. The van der Waals surface area contributed by atoms with E-state index in [1.54, 1.807) is 6.92 Å². The summed E-state index contributed by atoms with van der Waals surface area (Å²) in [6, 6.07) is 0. The molecule has 1 saturated heterocycles. The molecule has 0 saturated carbocycles. The fourth-order valence-electron chi connectivity index (χ4n) is 1.03. The summed E-state index contributed by atoms with van der Waals surface area (Å²) in [4.78, 5) is 0. The number of halogens is 1. The van der Waals surface area contributed by atoms with Crippen molar-refractivity contribution in [2.75, 3.05) is 0 Å². The first-order valence-corrected chi connectivity index (χ1v) is 7.15. The summed E-state index contributed by atoms with van der Waals surface area (Å²) in [6.45, 7) is 3.94. The Kier molecular flexibility index (Phi) is 4.49. The van der Waals surface area contributed by atoms with Crippen LogP contribution in [0.1, 0.15) is 13.8 Å². The average Bonchev–Trinajstić information content (AvgIpc) is 2.09. The van der Waals surface area contributed by atoms with Crippen molar-refractivity contribution in [2.24, 2.45) is 0 Å². The summed E-state index contributed by atoms with van der Waals surface area (Å²) in [5, 5.41) is 9.80. The highest BCUT2D eigenvalue weighted by Crippen LogP contribution is 2.55. The quantitative estimate of drug-likeness (QED) is 0.367. The highest BCUT2D eigenvalue weighted by Gasteiger charge is 2.31. The molecule has 1 rings (SSSR count). The summed E-state index contributed by atoms with van der Waals surface area (Å²) >= 11 is 2.43. The maximum atomic E-state index is 9.00. The molecule has 0 amide bonds. The first-order chi connectivity index (χ1) is 5.09. The van der Waals surface area contributed by atoms with Crippen molar-refractivity contribution in [2.45, 2.75) is 35.0 Å². The van der Waals surface area contributed by atoms with Gasteiger partial charge in [0.2, 0.25) is 0 Å². The molecule has 66 valence electrons. The molecular weight excluding hydrogens is 293 g/mol. The second-order valence-electron chi connectivity index (χ2n) is 2.61. The molecule has 6 atom stereocenters. The van der Waals surface area contributed by atoms with Gasteiger partial charge in [0.1, 0.15) is 0 Å². The highest BCUT2D eigenvalue weighted by atomic mass is 127. The van der Waals surface area contributed by atoms with Gasteiger partial charge in [0.25, 0.3) is 0 Å². The molecule has 1 heterocycles. The molecule has 0 aromatic heterocycles. The van der Waals surface area contributed by atoms with E-state index in [1.165, 1.54) is 0 Å². The molecule has 2 nitrogen and oxygen atoms in total. The molecule has 1 aliphatic heterocycles. The molecule has 11 heavy (non-hydrogen) atoms. The third-order valence-corrected chi connectivity index (χ3v) is 7.60.